The van der Waals surface area contributed by atoms with Gasteiger partial charge >= 0.3 is 0 Å². The first-order valence-corrected chi connectivity index (χ1v) is 8.26. The lowest BCUT2D eigenvalue weighted by Crippen LogP contribution is -2.42. The standard InChI is InChI=1S/C17H21N3O3/c21-17(19-13-3-8-22-9-4-13)12-2-7-20(11-12)16-14-5-10-23-15(14)1-6-18-16/h1,5-6,10,12-13H,2-4,7-9,11H2,(H,19,21). The van der Waals surface area contributed by atoms with Crippen LogP contribution in [0.15, 0.2) is 29.0 Å². The van der Waals surface area contributed by atoms with Crippen molar-refractivity contribution in [1.29, 1.82) is 0 Å². The zero-order valence-electron chi connectivity index (χ0n) is 13.0. The molecule has 1 atom stereocenters. The van der Waals surface area contributed by atoms with Crippen molar-refractivity contribution in [1.82, 2.24) is 10.3 Å². The van der Waals surface area contributed by atoms with Crippen molar-refractivity contribution in [3.8, 4) is 0 Å². The molecule has 2 saturated heterocycles. The highest BCUT2D eigenvalue weighted by molar-refractivity contribution is 5.89. The topological polar surface area (TPSA) is 67.6 Å². The van der Waals surface area contributed by atoms with E-state index in [4.69, 9.17) is 9.15 Å². The van der Waals surface area contributed by atoms with Gasteiger partial charge in [-0.25, -0.2) is 4.98 Å². The molecule has 1 amide bonds. The van der Waals surface area contributed by atoms with E-state index in [2.05, 4.69) is 15.2 Å². The first kappa shape index (κ1) is 14.5. The van der Waals surface area contributed by atoms with Gasteiger partial charge < -0.3 is 19.4 Å². The van der Waals surface area contributed by atoms with Crippen molar-refractivity contribution < 1.29 is 13.9 Å². The molecule has 4 heterocycles. The van der Waals surface area contributed by atoms with E-state index >= 15 is 0 Å². The van der Waals surface area contributed by atoms with Gasteiger partial charge in [0.15, 0.2) is 0 Å². The molecule has 1 unspecified atom stereocenters. The highest BCUT2D eigenvalue weighted by atomic mass is 16.5. The monoisotopic (exact) mass is 315 g/mol. The number of anilines is 1. The Bertz CT molecular complexity index is 693. The van der Waals surface area contributed by atoms with Gasteiger partial charge in [-0.05, 0) is 31.4 Å². The third kappa shape index (κ3) is 2.91. The van der Waals surface area contributed by atoms with Gasteiger partial charge in [0, 0.05) is 38.5 Å². The molecule has 2 fully saturated rings. The summed E-state index contributed by atoms with van der Waals surface area (Å²) in [6.07, 6.45) is 6.14. The number of carbonyl (C=O) groups is 1. The molecule has 23 heavy (non-hydrogen) atoms. The predicted molar refractivity (Wildman–Crippen MR) is 86.3 cm³/mol. The van der Waals surface area contributed by atoms with Crippen molar-refractivity contribution in [2.24, 2.45) is 5.92 Å². The van der Waals surface area contributed by atoms with E-state index in [0.29, 0.717) is 6.54 Å². The maximum atomic E-state index is 12.5. The van der Waals surface area contributed by atoms with Crippen LogP contribution in [0.3, 0.4) is 0 Å². The van der Waals surface area contributed by atoms with Gasteiger partial charge in [0.25, 0.3) is 0 Å². The average molecular weight is 315 g/mol. The van der Waals surface area contributed by atoms with E-state index in [0.717, 1.165) is 55.8 Å². The van der Waals surface area contributed by atoms with Crippen molar-refractivity contribution >= 4 is 22.7 Å². The van der Waals surface area contributed by atoms with Crippen molar-refractivity contribution in [3.63, 3.8) is 0 Å². The molecule has 0 spiro atoms. The molecule has 0 bridgehead atoms. The maximum absolute atomic E-state index is 12.5. The summed E-state index contributed by atoms with van der Waals surface area (Å²) < 4.78 is 10.8. The number of hydrogen-bond acceptors (Lipinski definition) is 5. The number of carbonyl (C=O) groups excluding carboxylic acids is 1. The van der Waals surface area contributed by atoms with Crippen LogP contribution < -0.4 is 10.2 Å². The van der Waals surface area contributed by atoms with Gasteiger partial charge in [-0.2, -0.15) is 0 Å². The molecule has 4 rings (SSSR count). The van der Waals surface area contributed by atoms with E-state index in [1.54, 1.807) is 12.5 Å². The third-order valence-corrected chi connectivity index (χ3v) is 4.79. The van der Waals surface area contributed by atoms with Gasteiger partial charge in [-0.1, -0.05) is 0 Å². The Balaban J connectivity index is 1.42. The van der Waals surface area contributed by atoms with E-state index in [1.165, 1.54) is 0 Å². The summed E-state index contributed by atoms with van der Waals surface area (Å²) >= 11 is 0. The number of amides is 1. The van der Waals surface area contributed by atoms with Crippen LogP contribution in [0.2, 0.25) is 0 Å². The lowest BCUT2D eigenvalue weighted by molar-refractivity contribution is -0.125. The van der Waals surface area contributed by atoms with Crippen LogP contribution >= 0.6 is 0 Å². The number of furan rings is 1. The van der Waals surface area contributed by atoms with Gasteiger partial charge in [-0.15, -0.1) is 0 Å². The molecule has 0 radical (unpaired) electrons. The first-order chi connectivity index (χ1) is 11.3. The summed E-state index contributed by atoms with van der Waals surface area (Å²) in [5.41, 5.74) is 0.838. The molecule has 122 valence electrons. The minimum Gasteiger partial charge on any atom is -0.464 e. The number of ether oxygens (including phenoxy) is 1. The van der Waals surface area contributed by atoms with E-state index in [-0.39, 0.29) is 17.9 Å². The van der Waals surface area contributed by atoms with Gasteiger partial charge in [-0.3, -0.25) is 4.79 Å². The first-order valence-electron chi connectivity index (χ1n) is 8.26. The Kier molecular flexibility index (Phi) is 3.91. The minimum absolute atomic E-state index is 0.0294. The quantitative estimate of drug-likeness (QED) is 0.937. The molecule has 1 N–H and O–H groups in total. The average Bonchev–Trinajstić information content (AvgIpc) is 3.25. The second-order valence-corrected chi connectivity index (χ2v) is 6.29. The summed E-state index contributed by atoms with van der Waals surface area (Å²) in [5.74, 6) is 1.11. The van der Waals surface area contributed by atoms with Crippen LogP contribution in [0, 0.1) is 5.92 Å². The van der Waals surface area contributed by atoms with Gasteiger partial charge in [0.1, 0.15) is 11.4 Å². The van der Waals surface area contributed by atoms with Crippen LogP contribution in [0.25, 0.3) is 11.0 Å². The van der Waals surface area contributed by atoms with Crippen LogP contribution in [0.4, 0.5) is 5.82 Å². The normalized spacial score (nSPS) is 22.6. The highest BCUT2D eigenvalue weighted by Crippen LogP contribution is 2.29. The second kappa shape index (κ2) is 6.20. The Morgan fingerprint density at radius 3 is 3.00 bits per heavy atom. The molecule has 2 aromatic heterocycles. The molecule has 0 aromatic carbocycles. The summed E-state index contributed by atoms with van der Waals surface area (Å²) in [5, 5.41) is 4.19. The van der Waals surface area contributed by atoms with Crippen LogP contribution in [0.5, 0.6) is 0 Å². The number of pyridine rings is 1. The molecule has 0 saturated carbocycles. The lowest BCUT2D eigenvalue weighted by Gasteiger charge is -2.24. The largest absolute Gasteiger partial charge is 0.464 e. The molecule has 2 aliphatic rings. The summed E-state index contributed by atoms with van der Waals surface area (Å²) in [6.45, 7) is 3.05. The Labute approximate surface area is 134 Å². The molecule has 0 aliphatic carbocycles. The number of aromatic nitrogens is 1. The number of nitrogens with one attached hydrogen (secondary N) is 1. The fourth-order valence-corrected chi connectivity index (χ4v) is 3.46. The van der Waals surface area contributed by atoms with Gasteiger partial charge in [0.2, 0.25) is 5.91 Å². The number of fused-ring (bicyclic) bond motifs is 1. The fraction of sp³-hybridized carbons (Fsp3) is 0.529. The van der Waals surface area contributed by atoms with Crippen molar-refractivity contribution in [2.45, 2.75) is 25.3 Å². The summed E-state index contributed by atoms with van der Waals surface area (Å²) in [7, 11) is 0. The van der Waals surface area contributed by atoms with Gasteiger partial charge in [0.05, 0.1) is 17.6 Å². The van der Waals surface area contributed by atoms with Crippen LogP contribution in [-0.2, 0) is 9.53 Å². The Morgan fingerprint density at radius 2 is 2.13 bits per heavy atom. The Morgan fingerprint density at radius 1 is 1.26 bits per heavy atom. The predicted octanol–water partition coefficient (Wildman–Crippen LogP) is 1.95. The SMILES string of the molecule is O=C(NC1CCOCC1)C1CCN(c2nccc3occc23)C1. The zero-order valence-corrected chi connectivity index (χ0v) is 13.0. The smallest absolute Gasteiger partial charge is 0.225 e. The maximum Gasteiger partial charge on any atom is 0.225 e. The highest BCUT2D eigenvalue weighted by Gasteiger charge is 2.31. The van der Waals surface area contributed by atoms with Crippen molar-refractivity contribution in [3.05, 3.63) is 24.6 Å². The van der Waals surface area contributed by atoms with E-state index in [9.17, 15) is 4.79 Å². The number of hydrogen-bond donors (Lipinski definition) is 1. The van der Waals surface area contributed by atoms with Crippen LogP contribution in [0.1, 0.15) is 19.3 Å². The molecule has 2 aliphatic heterocycles. The molecule has 2 aromatic rings. The Hall–Kier alpha value is -2.08. The fourth-order valence-electron chi connectivity index (χ4n) is 3.46. The van der Waals surface area contributed by atoms with Crippen LogP contribution in [-0.4, -0.2) is 43.2 Å². The number of rotatable bonds is 3. The summed E-state index contributed by atoms with van der Waals surface area (Å²) in [6, 6.07) is 4.07. The third-order valence-electron chi connectivity index (χ3n) is 4.79. The minimum atomic E-state index is 0.0294. The molecule has 6 heteroatoms. The van der Waals surface area contributed by atoms with Crippen molar-refractivity contribution in [2.75, 3.05) is 31.2 Å². The molecular formula is C17H21N3O3. The number of nitrogens with zero attached hydrogens (tertiary/aromatic N) is 2. The molecular weight excluding hydrogens is 294 g/mol. The van der Waals surface area contributed by atoms with E-state index in [1.807, 2.05) is 12.1 Å². The second-order valence-electron chi connectivity index (χ2n) is 6.29. The molecule has 6 nitrogen and oxygen atoms in total. The zero-order chi connectivity index (χ0) is 15.6. The summed E-state index contributed by atoms with van der Waals surface area (Å²) in [4.78, 5) is 19.2. The van der Waals surface area contributed by atoms with E-state index < -0.39 is 0 Å². The lowest BCUT2D eigenvalue weighted by atomic mass is 10.1.